The summed E-state index contributed by atoms with van der Waals surface area (Å²) in [6.07, 6.45) is 3.26. The minimum Gasteiger partial charge on any atom is -0.494 e. The summed E-state index contributed by atoms with van der Waals surface area (Å²) >= 11 is 7.77. The summed E-state index contributed by atoms with van der Waals surface area (Å²) in [5.74, 6) is 0.230. The number of nitrogens with one attached hydrogen (secondary N) is 1. The average Bonchev–Trinajstić information content (AvgIpc) is 2.82. The molecule has 0 saturated heterocycles. The smallest absolute Gasteiger partial charge is 0.144 e. The lowest BCUT2D eigenvalue weighted by Crippen LogP contribution is -2.16. The second-order valence-electron chi connectivity index (χ2n) is 4.86. The van der Waals surface area contributed by atoms with Gasteiger partial charge in [0.25, 0.3) is 0 Å². The van der Waals surface area contributed by atoms with Crippen molar-refractivity contribution in [2.75, 3.05) is 12.4 Å². The van der Waals surface area contributed by atoms with Crippen molar-refractivity contribution >= 4 is 28.6 Å². The van der Waals surface area contributed by atoms with Crippen LogP contribution in [0, 0.1) is 5.82 Å². The van der Waals surface area contributed by atoms with E-state index in [1.807, 2.05) is 6.07 Å². The quantitative estimate of drug-likeness (QED) is 0.857. The number of ether oxygens (including phenoxy) is 1. The molecule has 0 spiro atoms. The van der Waals surface area contributed by atoms with Crippen LogP contribution in [0.25, 0.3) is 0 Å². The minimum atomic E-state index is -0.296. The summed E-state index contributed by atoms with van der Waals surface area (Å²) in [4.78, 5) is 1.35. The monoisotopic (exact) mass is 311 g/mol. The van der Waals surface area contributed by atoms with E-state index in [1.54, 1.807) is 24.5 Å². The first kappa shape index (κ1) is 13.7. The zero-order valence-electron chi connectivity index (χ0n) is 11.1. The van der Waals surface area contributed by atoms with Crippen LogP contribution in [0.4, 0.5) is 10.1 Å². The van der Waals surface area contributed by atoms with Crippen LogP contribution in [0.3, 0.4) is 0 Å². The predicted molar refractivity (Wildman–Crippen MR) is 81.6 cm³/mol. The topological polar surface area (TPSA) is 21.3 Å². The van der Waals surface area contributed by atoms with Gasteiger partial charge in [-0.25, -0.2) is 4.39 Å². The fraction of sp³-hybridized carbons (Fsp3) is 0.333. The highest BCUT2D eigenvalue weighted by atomic mass is 35.5. The molecule has 3 rings (SSSR count). The van der Waals surface area contributed by atoms with E-state index in [4.69, 9.17) is 16.3 Å². The van der Waals surface area contributed by atoms with Crippen LogP contribution >= 0.6 is 22.9 Å². The number of methoxy groups -OCH3 is 1. The Morgan fingerprint density at radius 1 is 1.40 bits per heavy atom. The number of aryl methyl sites for hydroxylation is 1. The van der Waals surface area contributed by atoms with Gasteiger partial charge >= 0.3 is 0 Å². The van der Waals surface area contributed by atoms with Crippen molar-refractivity contribution in [3.8, 4) is 5.75 Å². The second kappa shape index (κ2) is 5.62. The lowest BCUT2D eigenvalue weighted by atomic mass is 9.94. The molecule has 1 aliphatic rings. The molecule has 0 fully saturated rings. The Hall–Kier alpha value is -1.26. The minimum absolute atomic E-state index is 0.210. The predicted octanol–water partition coefficient (Wildman–Crippen LogP) is 5.04. The number of thiophene rings is 1. The highest BCUT2D eigenvalue weighted by Gasteiger charge is 2.23. The molecule has 0 radical (unpaired) electrons. The number of anilines is 1. The standard InChI is InChI=1S/C15H15ClFNOS/c1-19-13-7-9(17)5-6-12(13)18-11-3-2-4-14-10(11)8-15(16)20-14/h5-8,11,18H,2-4H2,1H3. The Labute approximate surface area is 126 Å². The molecule has 106 valence electrons. The third-order valence-electron chi connectivity index (χ3n) is 3.58. The summed E-state index contributed by atoms with van der Waals surface area (Å²) in [5.41, 5.74) is 2.08. The zero-order chi connectivity index (χ0) is 14.1. The van der Waals surface area contributed by atoms with Gasteiger partial charge in [-0.05, 0) is 43.0 Å². The summed E-state index contributed by atoms with van der Waals surface area (Å²) in [7, 11) is 1.55. The van der Waals surface area contributed by atoms with Crippen molar-refractivity contribution in [2.45, 2.75) is 25.3 Å². The molecule has 20 heavy (non-hydrogen) atoms. The van der Waals surface area contributed by atoms with Crippen LogP contribution in [0.2, 0.25) is 4.34 Å². The third kappa shape index (κ3) is 2.63. The van der Waals surface area contributed by atoms with E-state index in [0.717, 1.165) is 29.3 Å². The van der Waals surface area contributed by atoms with Crippen LogP contribution in [0.5, 0.6) is 5.75 Å². The average molecular weight is 312 g/mol. The Morgan fingerprint density at radius 2 is 2.25 bits per heavy atom. The van der Waals surface area contributed by atoms with Crippen LogP contribution in [0.1, 0.15) is 29.3 Å². The van der Waals surface area contributed by atoms with Gasteiger partial charge in [0.15, 0.2) is 0 Å². The van der Waals surface area contributed by atoms with Crippen molar-refractivity contribution in [1.82, 2.24) is 0 Å². The second-order valence-corrected chi connectivity index (χ2v) is 6.63. The lowest BCUT2D eigenvalue weighted by Gasteiger charge is -2.25. The number of hydrogen-bond donors (Lipinski definition) is 1. The third-order valence-corrected chi connectivity index (χ3v) is 4.92. The molecular weight excluding hydrogens is 297 g/mol. The van der Waals surface area contributed by atoms with E-state index in [2.05, 4.69) is 5.32 Å². The Morgan fingerprint density at radius 3 is 3.05 bits per heavy atom. The number of halogens is 2. The summed E-state index contributed by atoms with van der Waals surface area (Å²) in [6.45, 7) is 0. The maximum atomic E-state index is 13.2. The molecule has 1 aromatic carbocycles. The van der Waals surface area contributed by atoms with E-state index >= 15 is 0 Å². The first-order chi connectivity index (χ1) is 9.67. The van der Waals surface area contributed by atoms with Crippen molar-refractivity contribution < 1.29 is 9.13 Å². The van der Waals surface area contributed by atoms with Gasteiger partial charge in [-0.1, -0.05) is 11.6 Å². The normalized spacial score (nSPS) is 17.6. The van der Waals surface area contributed by atoms with Gasteiger partial charge in [0.1, 0.15) is 11.6 Å². The van der Waals surface area contributed by atoms with Gasteiger partial charge in [0.2, 0.25) is 0 Å². The van der Waals surface area contributed by atoms with Crippen LogP contribution in [-0.4, -0.2) is 7.11 Å². The molecule has 0 aliphatic heterocycles. The number of rotatable bonds is 3. The van der Waals surface area contributed by atoms with E-state index < -0.39 is 0 Å². The maximum absolute atomic E-state index is 13.2. The molecule has 1 N–H and O–H groups in total. The molecule has 0 amide bonds. The van der Waals surface area contributed by atoms with Gasteiger partial charge in [-0.15, -0.1) is 11.3 Å². The molecule has 2 nitrogen and oxygen atoms in total. The summed E-state index contributed by atoms with van der Waals surface area (Å²) in [5, 5.41) is 3.45. The summed E-state index contributed by atoms with van der Waals surface area (Å²) in [6, 6.07) is 6.80. The lowest BCUT2D eigenvalue weighted by molar-refractivity contribution is 0.412. The molecule has 1 heterocycles. The Bertz CT molecular complexity index is 628. The molecule has 0 bridgehead atoms. The molecular formula is C15H15ClFNOS. The summed E-state index contributed by atoms with van der Waals surface area (Å²) < 4.78 is 19.3. The van der Waals surface area contributed by atoms with Crippen molar-refractivity contribution in [1.29, 1.82) is 0 Å². The van der Waals surface area contributed by atoms with E-state index in [0.29, 0.717) is 5.75 Å². The van der Waals surface area contributed by atoms with Gasteiger partial charge in [0, 0.05) is 10.9 Å². The van der Waals surface area contributed by atoms with Gasteiger partial charge in [-0.2, -0.15) is 0 Å². The fourth-order valence-corrected chi connectivity index (χ4v) is 4.03. The number of hydrogen-bond acceptors (Lipinski definition) is 3. The highest BCUT2D eigenvalue weighted by molar-refractivity contribution is 7.16. The first-order valence-electron chi connectivity index (χ1n) is 6.55. The van der Waals surface area contributed by atoms with Gasteiger partial charge in [-0.3, -0.25) is 0 Å². The zero-order valence-corrected chi connectivity index (χ0v) is 12.7. The molecule has 1 aromatic heterocycles. The number of fused-ring (bicyclic) bond motifs is 1. The van der Waals surface area contributed by atoms with Crippen molar-refractivity contribution in [3.63, 3.8) is 0 Å². The Balaban J connectivity index is 1.89. The Kier molecular flexibility index (Phi) is 3.85. The van der Waals surface area contributed by atoms with E-state index in [1.165, 1.54) is 22.6 Å². The molecule has 0 saturated carbocycles. The van der Waals surface area contributed by atoms with E-state index in [-0.39, 0.29) is 11.9 Å². The molecule has 1 unspecified atom stereocenters. The first-order valence-corrected chi connectivity index (χ1v) is 7.75. The number of benzene rings is 1. The largest absolute Gasteiger partial charge is 0.494 e. The van der Waals surface area contributed by atoms with Crippen molar-refractivity contribution in [3.05, 3.63) is 44.9 Å². The fourth-order valence-electron chi connectivity index (χ4n) is 2.64. The van der Waals surface area contributed by atoms with Crippen LogP contribution in [0.15, 0.2) is 24.3 Å². The van der Waals surface area contributed by atoms with Crippen LogP contribution in [-0.2, 0) is 6.42 Å². The maximum Gasteiger partial charge on any atom is 0.144 e. The van der Waals surface area contributed by atoms with Gasteiger partial charge in [0.05, 0.1) is 23.2 Å². The highest BCUT2D eigenvalue weighted by Crippen LogP contribution is 2.40. The molecule has 1 atom stereocenters. The molecule has 1 aliphatic carbocycles. The molecule has 2 aromatic rings. The van der Waals surface area contributed by atoms with E-state index in [9.17, 15) is 4.39 Å². The molecule has 5 heteroatoms. The van der Waals surface area contributed by atoms with Crippen LogP contribution < -0.4 is 10.1 Å². The van der Waals surface area contributed by atoms with Gasteiger partial charge < -0.3 is 10.1 Å². The van der Waals surface area contributed by atoms with Crippen molar-refractivity contribution in [2.24, 2.45) is 0 Å². The SMILES string of the molecule is COc1cc(F)ccc1NC1CCCc2sc(Cl)cc21.